The van der Waals surface area contributed by atoms with Crippen LogP contribution in [-0.4, -0.2) is 10.1 Å². The number of hydrogen-bond donors (Lipinski definition) is 1. The molecule has 0 spiro atoms. The van der Waals surface area contributed by atoms with Crippen LogP contribution < -0.4 is 0 Å². The van der Waals surface area contributed by atoms with Gasteiger partial charge in [-0.05, 0) is 19.9 Å². The van der Waals surface area contributed by atoms with E-state index >= 15 is 0 Å². The van der Waals surface area contributed by atoms with E-state index in [1.54, 1.807) is 0 Å². The number of halogens is 3. The molecule has 0 aliphatic rings. The van der Waals surface area contributed by atoms with Crippen molar-refractivity contribution < 1.29 is 18.3 Å². The minimum absolute atomic E-state index is 0.146. The summed E-state index contributed by atoms with van der Waals surface area (Å²) in [5.41, 5.74) is -2.02. The number of hydrogen-bond acceptors (Lipinski definition) is 2. The van der Waals surface area contributed by atoms with Crippen molar-refractivity contribution in [3.63, 3.8) is 0 Å². The highest BCUT2D eigenvalue weighted by molar-refractivity contribution is 5.24. The number of aromatic nitrogens is 1. The van der Waals surface area contributed by atoms with E-state index in [1.807, 2.05) is 0 Å². The van der Waals surface area contributed by atoms with E-state index < -0.39 is 17.3 Å². The third-order valence-electron chi connectivity index (χ3n) is 1.77. The van der Waals surface area contributed by atoms with Crippen molar-refractivity contribution in [2.75, 3.05) is 0 Å². The number of nitrogens with zero attached hydrogens (tertiary/aromatic N) is 1. The molecule has 0 unspecified atom stereocenters. The molecule has 1 aromatic rings. The van der Waals surface area contributed by atoms with Crippen LogP contribution >= 0.6 is 0 Å². The molecule has 78 valence electrons. The summed E-state index contributed by atoms with van der Waals surface area (Å²) in [7, 11) is 0. The van der Waals surface area contributed by atoms with Crippen LogP contribution in [0.3, 0.4) is 0 Å². The van der Waals surface area contributed by atoms with Crippen molar-refractivity contribution in [1.29, 1.82) is 0 Å². The Morgan fingerprint density at radius 1 is 1.14 bits per heavy atom. The molecule has 2 nitrogen and oxygen atoms in total. The Bertz CT molecular complexity index is 298. The Balaban J connectivity index is 3.15. The SMILES string of the molecule is CC(C)(O)c1cncc(C(F)(F)F)c1. The van der Waals surface area contributed by atoms with E-state index in [0.29, 0.717) is 0 Å². The Morgan fingerprint density at radius 2 is 1.64 bits per heavy atom. The second-order valence-electron chi connectivity index (χ2n) is 3.52. The summed E-state index contributed by atoms with van der Waals surface area (Å²) < 4.78 is 36.7. The predicted molar refractivity (Wildman–Crippen MR) is 44.5 cm³/mol. The molecule has 5 heteroatoms. The zero-order chi connectivity index (χ0) is 11.0. The molecular weight excluding hydrogens is 195 g/mol. The van der Waals surface area contributed by atoms with E-state index in [-0.39, 0.29) is 5.56 Å². The van der Waals surface area contributed by atoms with Gasteiger partial charge >= 0.3 is 6.18 Å². The first-order valence-electron chi connectivity index (χ1n) is 3.96. The Kier molecular flexibility index (Phi) is 2.54. The third kappa shape index (κ3) is 2.45. The zero-order valence-corrected chi connectivity index (χ0v) is 7.76. The van der Waals surface area contributed by atoms with E-state index in [1.165, 1.54) is 20.0 Å². The Morgan fingerprint density at radius 3 is 2.07 bits per heavy atom. The Labute approximate surface area is 79.4 Å². The normalized spacial score (nSPS) is 13.0. The molecule has 0 saturated carbocycles. The fraction of sp³-hybridized carbons (Fsp3) is 0.444. The molecule has 0 aliphatic heterocycles. The highest BCUT2D eigenvalue weighted by atomic mass is 19.4. The van der Waals surface area contributed by atoms with Gasteiger partial charge in [0.1, 0.15) is 0 Å². The lowest BCUT2D eigenvalue weighted by Crippen LogP contribution is -2.17. The molecule has 1 rings (SSSR count). The molecule has 1 aromatic heterocycles. The number of aliphatic hydroxyl groups is 1. The van der Waals surface area contributed by atoms with Crippen molar-refractivity contribution >= 4 is 0 Å². The fourth-order valence-corrected chi connectivity index (χ4v) is 0.930. The summed E-state index contributed by atoms with van der Waals surface area (Å²) in [6.07, 6.45) is -2.47. The van der Waals surface area contributed by atoms with Gasteiger partial charge < -0.3 is 5.11 Å². The predicted octanol–water partition coefficient (Wildman–Crippen LogP) is 2.33. The van der Waals surface area contributed by atoms with Gasteiger partial charge in [0.05, 0.1) is 11.2 Å². The monoisotopic (exact) mass is 205 g/mol. The van der Waals surface area contributed by atoms with E-state index in [2.05, 4.69) is 4.98 Å². The molecule has 14 heavy (non-hydrogen) atoms. The largest absolute Gasteiger partial charge is 0.417 e. The minimum atomic E-state index is -4.42. The van der Waals surface area contributed by atoms with Crippen LogP contribution in [0.5, 0.6) is 0 Å². The van der Waals surface area contributed by atoms with Gasteiger partial charge in [0.25, 0.3) is 0 Å². The maximum Gasteiger partial charge on any atom is 0.417 e. The summed E-state index contributed by atoms with van der Waals surface area (Å²) >= 11 is 0. The number of alkyl halides is 3. The number of pyridine rings is 1. The molecule has 1 N–H and O–H groups in total. The summed E-state index contributed by atoms with van der Waals surface area (Å²) in [5.74, 6) is 0. The molecule has 0 saturated heterocycles. The van der Waals surface area contributed by atoms with E-state index in [9.17, 15) is 18.3 Å². The van der Waals surface area contributed by atoms with Gasteiger partial charge in [-0.3, -0.25) is 4.98 Å². The van der Waals surface area contributed by atoms with Crippen LogP contribution in [-0.2, 0) is 11.8 Å². The van der Waals surface area contributed by atoms with Gasteiger partial charge in [0, 0.05) is 18.0 Å². The maximum atomic E-state index is 12.2. The summed E-state index contributed by atoms with van der Waals surface area (Å²) in [6.45, 7) is 2.81. The van der Waals surface area contributed by atoms with Gasteiger partial charge in [0.15, 0.2) is 0 Å². The van der Waals surface area contributed by atoms with Gasteiger partial charge in [-0.25, -0.2) is 0 Å². The standard InChI is InChI=1S/C9H10F3NO/c1-8(2,14)6-3-7(5-13-4-6)9(10,11)12/h3-5,14H,1-2H3. The molecule has 0 aromatic carbocycles. The molecule has 0 amide bonds. The molecule has 0 radical (unpaired) electrons. The van der Waals surface area contributed by atoms with Crippen molar-refractivity contribution in [3.8, 4) is 0 Å². The second kappa shape index (κ2) is 3.24. The highest BCUT2D eigenvalue weighted by Crippen LogP contribution is 2.30. The molecule has 0 atom stereocenters. The van der Waals surface area contributed by atoms with Crippen LogP contribution in [0.1, 0.15) is 25.0 Å². The first-order chi connectivity index (χ1) is 6.21. The van der Waals surface area contributed by atoms with Crippen LogP contribution in [0.15, 0.2) is 18.5 Å². The lowest BCUT2D eigenvalue weighted by Gasteiger charge is -2.18. The zero-order valence-electron chi connectivity index (χ0n) is 7.76. The lowest BCUT2D eigenvalue weighted by molar-refractivity contribution is -0.138. The average molecular weight is 205 g/mol. The highest BCUT2D eigenvalue weighted by Gasteiger charge is 2.32. The van der Waals surface area contributed by atoms with Gasteiger partial charge in [-0.1, -0.05) is 0 Å². The second-order valence-corrected chi connectivity index (χ2v) is 3.52. The first-order valence-corrected chi connectivity index (χ1v) is 3.96. The number of rotatable bonds is 1. The van der Waals surface area contributed by atoms with Gasteiger partial charge in [-0.15, -0.1) is 0 Å². The topological polar surface area (TPSA) is 33.1 Å². The van der Waals surface area contributed by atoms with Crippen molar-refractivity contribution in [3.05, 3.63) is 29.6 Å². The van der Waals surface area contributed by atoms with Crippen molar-refractivity contribution in [1.82, 2.24) is 4.98 Å². The molecular formula is C9H10F3NO. The molecule has 0 aliphatic carbocycles. The van der Waals surface area contributed by atoms with Crippen LogP contribution in [0.2, 0.25) is 0 Å². The average Bonchev–Trinajstić information content (AvgIpc) is 2.01. The molecule has 1 heterocycles. The van der Waals surface area contributed by atoms with Gasteiger partial charge in [-0.2, -0.15) is 13.2 Å². The minimum Gasteiger partial charge on any atom is -0.386 e. The first kappa shape index (κ1) is 11.0. The maximum absolute atomic E-state index is 12.2. The van der Waals surface area contributed by atoms with E-state index in [0.717, 1.165) is 12.3 Å². The summed E-state index contributed by atoms with van der Waals surface area (Å²) in [5, 5.41) is 9.47. The summed E-state index contributed by atoms with van der Waals surface area (Å²) in [4.78, 5) is 3.44. The Hall–Kier alpha value is -1.10. The van der Waals surface area contributed by atoms with E-state index in [4.69, 9.17) is 0 Å². The van der Waals surface area contributed by atoms with Crippen LogP contribution in [0, 0.1) is 0 Å². The van der Waals surface area contributed by atoms with Crippen LogP contribution in [0.25, 0.3) is 0 Å². The third-order valence-corrected chi connectivity index (χ3v) is 1.77. The molecule has 0 bridgehead atoms. The molecule has 0 fully saturated rings. The van der Waals surface area contributed by atoms with Crippen molar-refractivity contribution in [2.24, 2.45) is 0 Å². The summed E-state index contributed by atoms with van der Waals surface area (Å²) in [6, 6.07) is 0.896. The van der Waals surface area contributed by atoms with Gasteiger partial charge in [0.2, 0.25) is 0 Å². The smallest absolute Gasteiger partial charge is 0.386 e. The van der Waals surface area contributed by atoms with Crippen molar-refractivity contribution in [2.45, 2.75) is 25.6 Å². The quantitative estimate of drug-likeness (QED) is 0.763. The lowest BCUT2D eigenvalue weighted by atomic mass is 9.99. The fourth-order valence-electron chi connectivity index (χ4n) is 0.930. The van der Waals surface area contributed by atoms with Crippen LogP contribution in [0.4, 0.5) is 13.2 Å².